The average Bonchev–Trinajstić information content (AvgIpc) is 2.52. The van der Waals surface area contributed by atoms with Crippen LogP contribution in [0.3, 0.4) is 0 Å². The molecule has 0 spiro atoms. The molecule has 3 heteroatoms. The van der Waals surface area contributed by atoms with Gasteiger partial charge in [0.25, 0.3) is 5.91 Å². The average molecular weight is 273 g/mol. The first-order chi connectivity index (χ1) is 9.76. The minimum absolute atomic E-state index is 0.145. The first kappa shape index (κ1) is 14.6. The zero-order valence-corrected chi connectivity index (χ0v) is 12.2. The normalized spacial score (nSPS) is 18.6. The Kier molecular flexibility index (Phi) is 5.22. The number of hydrogen-bond donors (Lipinski definition) is 0. The van der Waals surface area contributed by atoms with E-state index >= 15 is 0 Å². The van der Waals surface area contributed by atoms with Crippen LogP contribution in [0.25, 0.3) is 0 Å². The number of piperidine rings is 1. The van der Waals surface area contributed by atoms with Gasteiger partial charge in [0.1, 0.15) is 12.4 Å². The summed E-state index contributed by atoms with van der Waals surface area (Å²) < 4.78 is 5.43. The van der Waals surface area contributed by atoms with Gasteiger partial charge in [0.05, 0.1) is 0 Å². The number of carbonyl (C=O) groups is 1. The Morgan fingerprint density at radius 2 is 2.15 bits per heavy atom. The minimum Gasteiger partial charge on any atom is -0.490 e. The highest BCUT2D eigenvalue weighted by Crippen LogP contribution is 2.22. The molecule has 2 rings (SSSR count). The van der Waals surface area contributed by atoms with Gasteiger partial charge in [0.2, 0.25) is 0 Å². The quantitative estimate of drug-likeness (QED) is 0.766. The number of benzene rings is 1. The van der Waals surface area contributed by atoms with Crippen LogP contribution < -0.4 is 4.74 Å². The van der Waals surface area contributed by atoms with E-state index in [1.165, 1.54) is 6.42 Å². The zero-order valence-electron chi connectivity index (χ0n) is 12.2. The van der Waals surface area contributed by atoms with E-state index in [9.17, 15) is 4.79 Å². The van der Waals surface area contributed by atoms with Crippen molar-refractivity contribution in [3.05, 3.63) is 42.5 Å². The lowest BCUT2D eigenvalue weighted by Gasteiger charge is -2.35. The molecule has 0 aromatic heterocycles. The van der Waals surface area contributed by atoms with Gasteiger partial charge in [-0.05, 0) is 49.9 Å². The third-order valence-corrected chi connectivity index (χ3v) is 3.83. The molecule has 0 aliphatic carbocycles. The largest absolute Gasteiger partial charge is 0.490 e. The highest BCUT2D eigenvalue weighted by molar-refractivity contribution is 5.94. The van der Waals surface area contributed by atoms with Crippen molar-refractivity contribution in [2.75, 3.05) is 13.2 Å². The van der Waals surface area contributed by atoms with Crippen LogP contribution in [0, 0.1) is 0 Å². The predicted octanol–water partition coefficient (Wildman–Crippen LogP) is 3.66. The number of amides is 1. The van der Waals surface area contributed by atoms with Gasteiger partial charge < -0.3 is 9.64 Å². The molecule has 20 heavy (non-hydrogen) atoms. The Morgan fingerprint density at radius 1 is 1.40 bits per heavy atom. The summed E-state index contributed by atoms with van der Waals surface area (Å²) in [4.78, 5) is 14.6. The maximum absolute atomic E-state index is 12.6. The molecule has 3 nitrogen and oxygen atoms in total. The first-order valence-corrected chi connectivity index (χ1v) is 7.41. The Bertz CT molecular complexity index is 453. The van der Waals surface area contributed by atoms with Gasteiger partial charge in [-0.3, -0.25) is 4.79 Å². The summed E-state index contributed by atoms with van der Waals surface area (Å²) in [6.07, 6.45) is 6.22. The fourth-order valence-electron chi connectivity index (χ4n) is 2.71. The van der Waals surface area contributed by atoms with Crippen LogP contribution in [-0.2, 0) is 0 Å². The van der Waals surface area contributed by atoms with Gasteiger partial charge in [0, 0.05) is 18.2 Å². The second kappa shape index (κ2) is 7.13. The van der Waals surface area contributed by atoms with Crippen LogP contribution in [0.2, 0.25) is 0 Å². The van der Waals surface area contributed by atoms with Crippen molar-refractivity contribution in [3.63, 3.8) is 0 Å². The third-order valence-electron chi connectivity index (χ3n) is 3.83. The fraction of sp³-hybridized carbons (Fsp3) is 0.471. The molecule has 1 heterocycles. The van der Waals surface area contributed by atoms with E-state index in [1.807, 2.05) is 29.2 Å². The lowest BCUT2D eigenvalue weighted by atomic mass is 9.99. The van der Waals surface area contributed by atoms with E-state index in [1.54, 1.807) is 6.08 Å². The summed E-state index contributed by atoms with van der Waals surface area (Å²) in [6, 6.07) is 7.79. The number of likely N-dealkylation sites (tertiary alicyclic amines) is 1. The van der Waals surface area contributed by atoms with Gasteiger partial charge in [-0.1, -0.05) is 19.6 Å². The molecule has 0 radical (unpaired) electrons. The third kappa shape index (κ3) is 3.41. The highest BCUT2D eigenvalue weighted by Gasteiger charge is 2.25. The maximum atomic E-state index is 12.6. The number of rotatable bonds is 5. The number of carbonyl (C=O) groups excluding carboxylic acids is 1. The molecule has 1 fully saturated rings. The summed E-state index contributed by atoms with van der Waals surface area (Å²) in [5, 5.41) is 0. The standard InChI is InChI=1S/C17H23NO2/c1-3-13-20-16-10-8-14(9-11-16)17(19)18-12-6-5-7-15(18)4-2/h3,8-11,15H,1,4-7,12-13H2,2H3. The minimum atomic E-state index is 0.145. The SMILES string of the molecule is C=CCOc1ccc(C(=O)N2CCCCC2CC)cc1. The molecule has 1 aromatic rings. The van der Waals surface area contributed by atoms with E-state index in [0.29, 0.717) is 12.6 Å². The lowest BCUT2D eigenvalue weighted by Crippen LogP contribution is -2.43. The molecule has 1 atom stereocenters. The molecule has 1 aliphatic rings. The number of ether oxygens (including phenoxy) is 1. The van der Waals surface area contributed by atoms with Crippen molar-refractivity contribution >= 4 is 5.91 Å². The van der Waals surface area contributed by atoms with Crippen LogP contribution in [0.4, 0.5) is 0 Å². The Balaban J connectivity index is 2.05. The Hall–Kier alpha value is -1.77. The topological polar surface area (TPSA) is 29.5 Å². The van der Waals surface area contributed by atoms with Crippen LogP contribution in [0.5, 0.6) is 5.75 Å². The molecular formula is C17H23NO2. The fourth-order valence-corrected chi connectivity index (χ4v) is 2.71. The van der Waals surface area contributed by atoms with Crippen LogP contribution in [-0.4, -0.2) is 30.0 Å². The van der Waals surface area contributed by atoms with Gasteiger partial charge in [-0.15, -0.1) is 0 Å². The van der Waals surface area contributed by atoms with E-state index in [-0.39, 0.29) is 5.91 Å². The maximum Gasteiger partial charge on any atom is 0.254 e. The molecule has 1 saturated heterocycles. The monoisotopic (exact) mass is 273 g/mol. The van der Waals surface area contributed by atoms with E-state index < -0.39 is 0 Å². The zero-order chi connectivity index (χ0) is 14.4. The highest BCUT2D eigenvalue weighted by atomic mass is 16.5. The van der Waals surface area contributed by atoms with Crippen LogP contribution in [0.15, 0.2) is 36.9 Å². The molecule has 1 amide bonds. The summed E-state index contributed by atoms with van der Waals surface area (Å²) in [7, 11) is 0. The van der Waals surface area contributed by atoms with E-state index in [2.05, 4.69) is 13.5 Å². The van der Waals surface area contributed by atoms with Crippen molar-refractivity contribution in [2.24, 2.45) is 0 Å². The van der Waals surface area contributed by atoms with Gasteiger partial charge in [-0.2, -0.15) is 0 Å². The molecule has 108 valence electrons. The van der Waals surface area contributed by atoms with Crippen molar-refractivity contribution in [1.29, 1.82) is 0 Å². The Morgan fingerprint density at radius 3 is 2.80 bits per heavy atom. The molecule has 1 aliphatic heterocycles. The van der Waals surface area contributed by atoms with Crippen molar-refractivity contribution < 1.29 is 9.53 Å². The predicted molar refractivity (Wildman–Crippen MR) is 81.1 cm³/mol. The molecule has 0 bridgehead atoms. The lowest BCUT2D eigenvalue weighted by molar-refractivity contribution is 0.0608. The number of hydrogen-bond acceptors (Lipinski definition) is 2. The number of nitrogens with zero attached hydrogens (tertiary/aromatic N) is 1. The van der Waals surface area contributed by atoms with Gasteiger partial charge >= 0.3 is 0 Å². The van der Waals surface area contributed by atoms with Crippen molar-refractivity contribution in [2.45, 2.75) is 38.6 Å². The molecule has 0 N–H and O–H groups in total. The Labute approximate surface area is 121 Å². The van der Waals surface area contributed by atoms with Crippen LogP contribution in [0.1, 0.15) is 43.0 Å². The van der Waals surface area contributed by atoms with E-state index in [4.69, 9.17) is 4.74 Å². The summed E-state index contributed by atoms with van der Waals surface area (Å²) in [5.74, 6) is 0.916. The molecule has 0 saturated carbocycles. The molecular weight excluding hydrogens is 250 g/mol. The smallest absolute Gasteiger partial charge is 0.254 e. The van der Waals surface area contributed by atoms with Crippen molar-refractivity contribution in [3.8, 4) is 5.75 Å². The van der Waals surface area contributed by atoms with Crippen LogP contribution >= 0.6 is 0 Å². The molecule has 1 unspecified atom stereocenters. The summed E-state index contributed by atoms with van der Waals surface area (Å²) in [5.41, 5.74) is 0.747. The van der Waals surface area contributed by atoms with Crippen molar-refractivity contribution in [1.82, 2.24) is 4.90 Å². The summed E-state index contributed by atoms with van der Waals surface area (Å²) >= 11 is 0. The van der Waals surface area contributed by atoms with Gasteiger partial charge in [0.15, 0.2) is 0 Å². The first-order valence-electron chi connectivity index (χ1n) is 7.41. The summed E-state index contributed by atoms with van der Waals surface area (Å²) in [6.45, 7) is 7.13. The second-order valence-electron chi connectivity index (χ2n) is 5.18. The molecule has 1 aromatic carbocycles. The second-order valence-corrected chi connectivity index (χ2v) is 5.18. The van der Waals surface area contributed by atoms with Gasteiger partial charge in [-0.25, -0.2) is 0 Å². The van der Waals surface area contributed by atoms with E-state index in [0.717, 1.165) is 37.1 Å².